The molecule has 0 rings (SSSR count). The lowest BCUT2D eigenvalue weighted by atomic mass is 10.1. The highest BCUT2D eigenvalue weighted by atomic mass is 32.1. The number of thiocarbonyl (C=S) groups is 1. The molecule has 0 aromatic heterocycles. The molecule has 0 bridgehead atoms. The van der Waals surface area contributed by atoms with E-state index in [9.17, 15) is 13.2 Å². The fourth-order valence-electron chi connectivity index (χ4n) is 0.641. The van der Waals surface area contributed by atoms with E-state index >= 15 is 0 Å². The predicted octanol–water partition coefficient (Wildman–Crippen LogP) is -1.01. The Bertz CT molecular complexity index is 208. The fourth-order valence-corrected chi connectivity index (χ4v) is 0.781. The van der Waals surface area contributed by atoms with Crippen LogP contribution in [0.4, 0.5) is 13.2 Å². The van der Waals surface area contributed by atoms with Crippen LogP contribution in [0, 0.1) is 0 Å². The topological polar surface area (TPSA) is 80.9 Å². The van der Waals surface area contributed by atoms with Crippen LogP contribution in [0.5, 0.6) is 0 Å². The summed E-state index contributed by atoms with van der Waals surface area (Å²) in [7, 11) is 0. The van der Waals surface area contributed by atoms with Gasteiger partial charge < -0.3 is 20.4 Å². The largest absolute Gasteiger partial charge is 0.425 e. The monoisotopic (exact) mass is 234 g/mol. The van der Waals surface area contributed by atoms with Crippen molar-refractivity contribution in [2.75, 3.05) is 6.61 Å². The van der Waals surface area contributed by atoms with Gasteiger partial charge in [-0.2, -0.15) is 13.2 Å². The molecule has 0 aliphatic heterocycles. The molecule has 0 aromatic rings. The second-order valence-corrected chi connectivity index (χ2v) is 2.99. The van der Waals surface area contributed by atoms with E-state index in [4.69, 9.17) is 20.4 Å². The van der Waals surface area contributed by atoms with Crippen LogP contribution >= 0.6 is 12.2 Å². The summed E-state index contributed by atoms with van der Waals surface area (Å²) in [6, 6.07) is 0. The van der Waals surface area contributed by atoms with Crippen LogP contribution in [-0.4, -0.2) is 56.4 Å². The molecule has 0 saturated heterocycles. The molecule has 84 valence electrons. The third-order valence-electron chi connectivity index (χ3n) is 1.45. The van der Waals surface area contributed by atoms with Crippen LogP contribution in [0.15, 0.2) is 0 Å². The highest BCUT2D eigenvalue weighted by molar-refractivity contribution is 7.80. The van der Waals surface area contributed by atoms with Gasteiger partial charge in [-0.05, 0) is 0 Å². The van der Waals surface area contributed by atoms with E-state index < -0.39 is 36.0 Å². The van der Waals surface area contributed by atoms with E-state index in [1.54, 1.807) is 0 Å². The minimum atomic E-state index is -4.93. The Labute approximate surface area is 82.6 Å². The average Bonchev–Trinajstić information content (AvgIpc) is 2.11. The van der Waals surface area contributed by atoms with Crippen molar-refractivity contribution in [1.82, 2.24) is 0 Å². The first kappa shape index (κ1) is 13.7. The number of hydrogen-bond acceptors (Lipinski definition) is 5. The normalized spacial score (nSPS) is 18.8. The number of halogens is 3. The molecule has 0 spiro atoms. The fraction of sp³-hybridized carbons (Fsp3) is 0.833. The molecule has 14 heavy (non-hydrogen) atoms. The van der Waals surface area contributed by atoms with Crippen molar-refractivity contribution >= 4 is 17.1 Å². The minimum absolute atomic E-state index is 0.974. The molecular weight excluding hydrogens is 225 g/mol. The van der Waals surface area contributed by atoms with E-state index in [1.807, 2.05) is 0 Å². The molecule has 0 radical (unpaired) electrons. The van der Waals surface area contributed by atoms with Crippen LogP contribution in [0.1, 0.15) is 0 Å². The van der Waals surface area contributed by atoms with Crippen LogP contribution in [0.3, 0.4) is 0 Å². The summed E-state index contributed by atoms with van der Waals surface area (Å²) in [4.78, 5) is -1.74. The lowest BCUT2D eigenvalue weighted by Crippen LogP contribution is -2.47. The van der Waals surface area contributed by atoms with Crippen LogP contribution in [-0.2, 0) is 0 Å². The Morgan fingerprint density at radius 3 is 1.93 bits per heavy atom. The first-order chi connectivity index (χ1) is 6.21. The zero-order valence-corrected chi connectivity index (χ0v) is 7.59. The summed E-state index contributed by atoms with van der Waals surface area (Å²) >= 11 is 3.83. The summed E-state index contributed by atoms with van der Waals surface area (Å²) in [6.45, 7) is -0.974. The van der Waals surface area contributed by atoms with Crippen molar-refractivity contribution in [3.63, 3.8) is 0 Å². The van der Waals surface area contributed by atoms with Gasteiger partial charge in [0.1, 0.15) is 23.2 Å². The van der Waals surface area contributed by atoms with Crippen LogP contribution in [0.25, 0.3) is 0 Å². The number of rotatable bonds is 4. The van der Waals surface area contributed by atoms with Crippen molar-refractivity contribution in [2.45, 2.75) is 24.5 Å². The van der Waals surface area contributed by atoms with E-state index in [1.165, 1.54) is 0 Å². The zero-order valence-electron chi connectivity index (χ0n) is 6.77. The standard InChI is InChI=1S/C6H9F3O4S/c7-6(8,9)5(14)4(13)3(12)2(11)1-10/h2-4,10-13H,1H2/t2-,3-,4-/m1/s1. The zero-order chi connectivity index (χ0) is 11.5. The second-order valence-electron chi connectivity index (χ2n) is 2.55. The highest BCUT2D eigenvalue weighted by Crippen LogP contribution is 2.21. The molecule has 8 heteroatoms. The lowest BCUT2D eigenvalue weighted by molar-refractivity contribution is -0.0869. The quantitative estimate of drug-likeness (QED) is 0.469. The summed E-state index contributed by atoms with van der Waals surface area (Å²) < 4.78 is 35.6. The second kappa shape index (κ2) is 4.99. The molecule has 0 aliphatic carbocycles. The van der Waals surface area contributed by atoms with Gasteiger partial charge in [0.05, 0.1) is 6.61 Å². The number of alkyl halides is 3. The van der Waals surface area contributed by atoms with Crippen molar-refractivity contribution < 1.29 is 33.6 Å². The molecule has 4 nitrogen and oxygen atoms in total. The molecule has 0 aliphatic rings. The molecule has 0 heterocycles. The summed E-state index contributed by atoms with van der Waals surface area (Å²) in [5, 5.41) is 34.7. The van der Waals surface area contributed by atoms with Gasteiger partial charge in [-0.25, -0.2) is 0 Å². The average molecular weight is 234 g/mol. The minimum Gasteiger partial charge on any atom is -0.394 e. The van der Waals surface area contributed by atoms with Gasteiger partial charge in [0.15, 0.2) is 0 Å². The number of hydrogen-bond donors (Lipinski definition) is 4. The summed E-state index contributed by atoms with van der Waals surface area (Å²) in [6.07, 6.45) is -11.4. The molecule has 0 aromatic carbocycles. The third-order valence-corrected chi connectivity index (χ3v) is 1.93. The van der Waals surface area contributed by atoms with E-state index in [-0.39, 0.29) is 0 Å². The van der Waals surface area contributed by atoms with Gasteiger partial charge >= 0.3 is 6.18 Å². The Morgan fingerprint density at radius 2 is 1.64 bits per heavy atom. The maximum Gasteiger partial charge on any atom is 0.425 e. The molecule has 0 amide bonds. The third kappa shape index (κ3) is 3.46. The first-order valence-electron chi connectivity index (χ1n) is 3.48. The van der Waals surface area contributed by atoms with E-state index in [0.717, 1.165) is 0 Å². The molecular formula is C6H9F3O4S. The van der Waals surface area contributed by atoms with E-state index in [2.05, 4.69) is 12.2 Å². The Hall–Kier alpha value is -0.280. The number of aliphatic hydroxyl groups is 4. The summed E-state index contributed by atoms with van der Waals surface area (Å²) in [5.74, 6) is 0. The molecule has 4 N–H and O–H groups in total. The van der Waals surface area contributed by atoms with Gasteiger partial charge in [-0.1, -0.05) is 12.2 Å². The van der Waals surface area contributed by atoms with Gasteiger partial charge in [-0.3, -0.25) is 0 Å². The molecule has 3 atom stereocenters. The molecule has 0 saturated carbocycles. The van der Waals surface area contributed by atoms with Crippen LogP contribution < -0.4 is 0 Å². The summed E-state index contributed by atoms with van der Waals surface area (Å²) in [5.41, 5.74) is 0. The molecule has 0 unspecified atom stereocenters. The SMILES string of the molecule is OC[C@@H](O)[C@@H](O)[C@@H](O)C(=S)C(F)(F)F. The van der Waals surface area contributed by atoms with Crippen molar-refractivity contribution in [1.29, 1.82) is 0 Å². The van der Waals surface area contributed by atoms with Gasteiger partial charge in [-0.15, -0.1) is 0 Å². The Balaban J connectivity index is 4.47. The van der Waals surface area contributed by atoms with Crippen molar-refractivity contribution in [3.05, 3.63) is 0 Å². The van der Waals surface area contributed by atoms with Crippen LogP contribution in [0.2, 0.25) is 0 Å². The predicted molar refractivity (Wildman–Crippen MR) is 43.8 cm³/mol. The maximum absolute atomic E-state index is 11.9. The number of aliphatic hydroxyl groups excluding tert-OH is 4. The highest BCUT2D eigenvalue weighted by Gasteiger charge is 2.42. The lowest BCUT2D eigenvalue weighted by Gasteiger charge is -2.22. The van der Waals surface area contributed by atoms with Gasteiger partial charge in [0.2, 0.25) is 0 Å². The van der Waals surface area contributed by atoms with E-state index in [0.29, 0.717) is 0 Å². The Morgan fingerprint density at radius 1 is 1.21 bits per heavy atom. The Kier molecular flexibility index (Phi) is 4.89. The van der Waals surface area contributed by atoms with Crippen molar-refractivity contribution in [3.8, 4) is 0 Å². The van der Waals surface area contributed by atoms with Gasteiger partial charge in [0.25, 0.3) is 0 Å². The maximum atomic E-state index is 11.9. The van der Waals surface area contributed by atoms with Crippen molar-refractivity contribution in [2.24, 2.45) is 0 Å². The molecule has 0 fully saturated rings. The first-order valence-corrected chi connectivity index (χ1v) is 3.88. The smallest absolute Gasteiger partial charge is 0.394 e. The van der Waals surface area contributed by atoms with Gasteiger partial charge in [0, 0.05) is 0 Å².